The molecule has 4 heteroatoms. The molecule has 84 valence electrons. The normalized spacial score (nSPS) is 10.3. The zero-order valence-electron chi connectivity index (χ0n) is 9.42. The maximum Gasteiger partial charge on any atom is 0.246 e. The van der Waals surface area contributed by atoms with Gasteiger partial charge < -0.3 is 14.5 Å². The molecule has 0 saturated heterocycles. The van der Waals surface area contributed by atoms with Crippen LogP contribution in [0.15, 0.2) is 10.5 Å². The zero-order chi connectivity index (χ0) is 11.3. The number of carbonyl (C=O) groups is 1. The summed E-state index contributed by atoms with van der Waals surface area (Å²) in [6.45, 7) is 6.80. The number of hydrogen-bond donors (Lipinski definition) is 1. The lowest BCUT2D eigenvalue weighted by atomic mass is 10.2. The maximum absolute atomic E-state index is 11.2. The third-order valence-corrected chi connectivity index (χ3v) is 2.06. The summed E-state index contributed by atoms with van der Waals surface area (Å²) in [6.07, 6.45) is 0. The first-order valence-electron chi connectivity index (χ1n) is 5.03. The molecule has 1 amide bonds. The number of carbonyl (C=O) groups excluding carboxylic acids is 1. The van der Waals surface area contributed by atoms with Gasteiger partial charge in [0, 0.05) is 18.7 Å². The number of rotatable bonds is 5. The Hall–Kier alpha value is -1.29. The van der Waals surface area contributed by atoms with Gasteiger partial charge in [0.1, 0.15) is 18.1 Å². The van der Waals surface area contributed by atoms with E-state index in [9.17, 15) is 4.79 Å². The third-order valence-electron chi connectivity index (χ3n) is 2.06. The lowest BCUT2D eigenvalue weighted by molar-refractivity contribution is -0.125. The maximum atomic E-state index is 11.2. The molecule has 0 aliphatic rings. The summed E-state index contributed by atoms with van der Waals surface area (Å²) in [5.41, 5.74) is 1.01. The first-order chi connectivity index (χ1) is 7.13. The highest BCUT2D eigenvalue weighted by molar-refractivity contribution is 5.77. The fourth-order valence-electron chi connectivity index (χ4n) is 1.30. The van der Waals surface area contributed by atoms with E-state index in [1.165, 1.54) is 0 Å². The van der Waals surface area contributed by atoms with Crippen LogP contribution < -0.4 is 5.32 Å². The Morgan fingerprint density at radius 1 is 1.53 bits per heavy atom. The van der Waals surface area contributed by atoms with Crippen molar-refractivity contribution in [3.63, 3.8) is 0 Å². The van der Waals surface area contributed by atoms with E-state index in [4.69, 9.17) is 9.15 Å². The molecule has 0 bridgehead atoms. The Morgan fingerprint density at radius 3 is 2.80 bits per heavy atom. The first-order valence-corrected chi connectivity index (χ1v) is 5.03. The quantitative estimate of drug-likeness (QED) is 0.804. The summed E-state index contributed by atoms with van der Waals surface area (Å²) in [4.78, 5) is 11.2. The van der Waals surface area contributed by atoms with Gasteiger partial charge in [-0.05, 0) is 26.8 Å². The first kappa shape index (κ1) is 11.8. The lowest BCUT2D eigenvalue weighted by Gasteiger charge is -2.03. The average molecular weight is 211 g/mol. The Labute approximate surface area is 89.6 Å². The predicted molar refractivity (Wildman–Crippen MR) is 56.5 cm³/mol. The molecule has 0 radical (unpaired) electrons. The number of hydrogen-bond acceptors (Lipinski definition) is 3. The van der Waals surface area contributed by atoms with Gasteiger partial charge in [-0.1, -0.05) is 0 Å². The Bertz CT molecular complexity index is 331. The number of ether oxygens (including phenoxy) is 1. The number of nitrogens with one attached hydrogen (secondary N) is 1. The molecule has 1 rings (SSSR count). The smallest absolute Gasteiger partial charge is 0.246 e. The van der Waals surface area contributed by atoms with Crippen LogP contribution in [0.3, 0.4) is 0 Å². The highest BCUT2D eigenvalue weighted by atomic mass is 16.5. The number of amides is 1. The van der Waals surface area contributed by atoms with Crippen LogP contribution in [0.5, 0.6) is 0 Å². The van der Waals surface area contributed by atoms with Gasteiger partial charge in [-0.3, -0.25) is 4.79 Å². The molecule has 1 heterocycles. The summed E-state index contributed by atoms with van der Waals surface area (Å²) in [6, 6.07) is 1.93. The second-order valence-electron chi connectivity index (χ2n) is 3.35. The molecule has 0 unspecified atom stereocenters. The van der Waals surface area contributed by atoms with Gasteiger partial charge in [-0.25, -0.2) is 0 Å². The average Bonchev–Trinajstić information content (AvgIpc) is 2.51. The second-order valence-corrected chi connectivity index (χ2v) is 3.35. The molecule has 4 nitrogen and oxygen atoms in total. The van der Waals surface area contributed by atoms with Crippen molar-refractivity contribution in [2.75, 3.05) is 13.2 Å². The van der Waals surface area contributed by atoms with Crippen molar-refractivity contribution in [1.82, 2.24) is 5.32 Å². The number of aryl methyl sites for hydroxylation is 2. The van der Waals surface area contributed by atoms with E-state index in [1.54, 1.807) is 0 Å². The van der Waals surface area contributed by atoms with E-state index in [-0.39, 0.29) is 12.5 Å². The predicted octanol–water partition coefficient (Wildman–Crippen LogP) is 1.55. The van der Waals surface area contributed by atoms with Crippen LogP contribution >= 0.6 is 0 Å². The van der Waals surface area contributed by atoms with E-state index in [1.807, 2.05) is 26.8 Å². The van der Waals surface area contributed by atoms with E-state index in [0.717, 1.165) is 17.1 Å². The highest BCUT2D eigenvalue weighted by Crippen LogP contribution is 2.12. The molecule has 0 atom stereocenters. The van der Waals surface area contributed by atoms with Gasteiger partial charge in [0.15, 0.2) is 0 Å². The molecule has 15 heavy (non-hydrogen) atoms. The van der Waals surface area contributed by atoms with Crippen LogP contribution in [0, 0.1) is 13.8 Å². The number of furan rings is 1. The van der Waals surface area contributed by atoms with Gasteiger partial charge in [-0.2, -0.15) is 0 Å². The van der Waals surface area contributed by atoms with Crippen LogP contribution in [0.2, 0.25) is 0 Å². The molecule has 1 N–H and O–H groups in total. The molecular weight excluding hydrogens is 194 g/mol. The SMILES string of the molecule is CCOCC(=O)NCc1cc(C)oc1C. The van der Waals surface area contributed by atoms with Crippen molar-refractivity contribution in [2.45, 2.75) is 27.3 Å². The van der Waals surface area contributed by atoms with Crippen molar-refractivity contribution in [3.05, 3.63) is 23.2 Å². The Morgan fingerprint density at radius 2 is 2.27 bits per heavy atom. The monoisotopic (exact) mass is 211 g/mol. The van der Waals surface area contributed by atoms with E-state index < -0.39 is 0 Å². The third kappa shape index (κ3) is 3.75. The molecule has 1 aromatic rings. The second kappa shape index (κ2) is 5.56. The summed E-state index contributed by atoms with van der Waals surface area (Å²) in [5, 5.41) is 2.76. The molecular formula is C11H17NO3. The standard InChI is InChI=1S/C11H17NO3/c1-4-14-7-11(13)12-6-10-5-8(2)15-9(10)3/h5H,4,6-7H2,1-3H3,(H,12,13). The molecule has 0 saturated carbocycles. The summed E-state index contributed by atoms with van der Waals surface area (Å²) in [7, 11) is 0. The summed E-state index contributed by atoms with van der Waals surface area (Å²) in [5.74, 6) is 1.61. The Kier molecular flexibility index (Phi) is 4.37. The van der Waals surface area contributed by atoms with E-state index in [2.05, 4.69) is 5.32 Å². The Balaban J connectivity index is 2.36. The van der Waals surface area contributed by atoms with E-state index in [0.29, 0.717) is 13.2 Å². The fraction of sp³-hybridized carbons (Fsp3) is 0.545. The topological polar surface area (TPSA) is 51.5 Å². The van der Waals surface area contributed by atoms with Gasteiger partial charge in [0.25, 0.3) is 0 Å². The van der Waals surface area contributed by atoms with Crippen molar-refractivity contribution in [1.29, 1.82) is 0 Å². The minimum absolute atomic E-state index is 0.102. The molecule has 0 spiro atoms. The van der Waals surface area contributed by atoms with Gasteiger partial charge in [0.2, 0.25) is 5.91 Å². The minimum Gasteiger partial charge on any atom is -0.466 e. The van der Waals surface area contributed by atoms with Gasteiger partial charge in [-0.15, -0.1) is 0 Å². The summed E-state index contributed by atoms with van der Waals surface area (Å²) >= 11 is 0. The molecule has 0 aliphatic heterocycles. The largest absolute Gasteiger partial charge is 0.466 e. The summed E-state index contributed by atoms with van der Waals surface area (Å²) < 4.78 is 10.3. The minimum atomic E-state index is -0.102. The van der Waals surface area contributed by atoms with Crippen molar-refractivity contribution in [3.8, 4) is 0 Å². The highest BCUT2D eigenvalue weighted by Gasteiger charge is 2.06. The fourth-order valence-corrected chi connectivity index (χ4v) is 1.30. The van der Waals surface area contributed by atoms with Gasteiger partial charge >= 0.3 is 0 Å². The molecule has 0 aliphatic carbocycles. The van der Waals surface area contributed by atoms with Crippen molar-refractivity contribution >= 4 is 5.91 Å². The van der Waals surface area contributed by atoms with Crippen LogP contribution in [0.25, 0.3) is 0 Å². The van der Waals surface area contributed by atoms with Crippen LogP contribution in [0.4, 0.5) is 0 Å². The van der Waals surface area contributed by atoms with Crippen LogP contribution in [-0.2, 0) is 16.1 Å². The van der Waals surface area contributed by atoms with E-state index >= 15 is 0 Å². The molecule has 0 aromatic carbocycles. The van der Waals surface area contributed by atoms with Crippen LogP contribution in [-0.4, -0.2) is 19.1 Å². The van der Waals surface area contributed by atoms with Crippen molar-refractivity contribution < 1.29 is 13.9 Å². The molecule has 1 aromatic heterocycles. The zero-order valence-corrected chi connectivity index (χ0v) is 9.42. The van der Waals surface area contributed by atoms with Gasteiger partial charge in [0.05, 0.1) is 0 Å². The lowest BCUT2D eigenvalue weighted by Crippen LogP contribution is -2.27. The van der Waals surface area contributed by atoms with Crippen LogP contribution in [0.1, 0.15) is 24.0 Å². The molecule has 0 fully saturated rings. The van der Waals surface area contributed by atoms with Crippen molar-refractivity contribution in [2.24, 2.45) is 0 Å².